The van der Waals surface area contributed by atoms with E-state index >= 15 is 0 Å². The van der Waals surface area contributed by atoms with Crippen LogP contribution in [0.3, 0.4) is 0 Å². The van der Waals surface area contributed by atoms with Crippen LogP contribution in [0, 0.1) is 0 Å². The summed E-state index contributed by atoms with van der Waals surface area (Å²) < 4.78 is 24.9. The fourth-order valence-corrected chi connectivity index (χ4v) is 2.58. The van der Waals surface area contributed by atoms with Gasteiger partial charge >= 0.3 is 11.9 Å². The molecule has 0 aliphatic rings. The summed E-state index contributed by atoms with van der Waals surface area (Å²) in [4.78, 5) is 34.4. The second-order valence-electron chi connectivity index (χ2n) is 6.85. The van der Waals surface area contributed by atoms with Crippen LogP contribution in [0.2, 0.25) is 0 Å². The summed E-state index contributed by atoms with van der Waals surface area (Å²) in [6, 6.07) is 11.7. The van der Waals surface area contributed by atoms with Gasteiger partial charge in [-0.1, -0.05) is 30.4 Å². The van der Waals surface area contributed by atoms with E-state index in [0.717, 1.165) is 11.6 Å². The number of aliphatic hydroxyl groups excluding tert-OH is 1. The van der Waals surface area contributed by atoms with Gasteiger partial charge in [0.25, 0.3) is 0 Å². The van der Waals surface area contributed by atoms with Gasteiger partial charge in [-0.3, -0.25) is 4.79 Å². The van der Waals surface area contributed by atoms with Crippen molar-refractivity contribution in [3.05, 3.63) is 77.6 Å². The van der Waals surface area contributed by atoms with E-state index in [1.54, 1.807) is 54.6 Å². The molecule has 2 rings (SSSR count). The number of methoxy groups -OCH3 is 3. The van der Waals surface area contributed by atoms with Gasteiger partial charge in [-0.2, -0.15) is 0 Å². The van der Waals surface area contributed by atoms with Gasteiger partial charge in [0, 0.05) is 6.08 Å². The zero-order chi connectivity index (χ0) is 25.6. The molecule has 0 aromatic heterocycles. The first-order valence-corrected chi connectivity index (χ1v) is 10.3. The van der Waals surface area contributed by atoms with Crippen LogP contribution in [0.15, 0.2) is 66.5 Å². The fraction of sp³-hybridized carbons (Fsp3) is 0.192. The van der Waals surface area contributed by atoms with Gasteiger partial charge in [-0.25, -0.2) is 9.59 Å². The van der Waals surface area contributed by atoms with Gasteiger partial charge in [-0.05, 0) is 47.5 Å². The quantitative estimate of drug-likeness (QED) is 0.210. The molecule has 0 aliphatic carbocycles. The van der Waals surface area contributed by atoms with E-state index in [-0.39, 0.29) is 19.0 Å². The molecule has 0 fully saturated rings. The zero-order valence-corrected chi connectivity index (χ0v) is 19.6. The van der Waals surface area contributed by atoms with Crippen LogP contribution in [0.25, 0.3) is 12.2 Å². The van der Waals surface area contributed by atoms with Gasteiger partial charge in [0.2, 0.25) is 0 Å². The molecule has 0 amide bonds. The predicted molar refractivity (Wildman–Crippen MR) is 128 cm³/mol. The topological polar surface area (TPSA) is 118 Å². The molecular formula is C26H26O9. The fourth-order valence-electron chi connectivity index (χ4n) is 2.58. The Labute approximate surface area is 202 Å². The smallest absolute Gasteiger partial charge is 0.343 e. The standard InChI is InChI=1S/C26H26O9/c1-31-24-14-19(8-13-23(24)35-17-26(30)33-3)5-10-21(28)15-20(27)9-4-18-6-11-22(12-7-18)34-16-25(29)32-2/h4-15,28H,16-17H2,1-3H3/b9-4+,10-5+,21-15?. The molecule has 1 N–H and O–H groups in total. The van der Waals surface area contributed by atoms with Gasteiger partial charge in [0.15, 0.2) is 30.5 Å². The molecule has 0 unspecified atom stereocenters. The third-order valence-corrected chi connectivity index (χ3v) is 4.40. The highest BCUT2D eigenvalue weighted by atomic mass is 16.6. The molecule has 0 heterocycles. The Balaban J connectivity index is 1.95. The first-order chi connectivity index (χ1) is 16.8. The maximum atomic E-state index is 12.1. The normalized spacial score (nSPS) is 11.3. The molecule has 9 nitrogen and oxygen atoms in total. The molecule has 0 spiro atoms. The van der Waals surface area contributed by atoms with E-state index in [9.17, 15) is 19.5 Å². The van der Waals surface area contributed by atoms with E-state index in [2.05, 4.69) is 9.47 Å². The Morgan fingerprint density at radius 3 is 2.00 bits per heavy atom. The van der Waals surface area contributed by atoms with Crippen LogP contribution in [-0.4, -0.2) is 57.4 Å². The largest absolute Gasteiger partial charge is 0.508 e. The van der Waals surface area contributed by atoms with Crippen molar-refractivity contribution in [2.75, 3.05) is 34.5 Å². The van der Waals surface area contributed by atoms with Crippen molar-refractivity contribution >= 4 is 29.9 Å². The predicted octanol–water partition coefficient (Wildman–Crippen LogP) is 3.54. The molecule has 2 aromatic carbocycles. The number of ketones is 1. The maximum Gasteiger partial charge on any atom is 0.343 e. The Morgan fingerprint density at radius 1 is 0.771 bits per heavy atom. The average Bonchev–Trinajstić information content (AvgIpc) is 2.88. The zero-order valence-electron chi connectivity index (χ0n) is 19.6. The number of carbonyl (C=O) groups is 3. The lowest BCUT2D eigenvalue weighted by Gasteiger charge is -2.10. The van der Waals surface area contributed by atoms with E-state index in [0.29, 0.717) is 22.8 Å². The van der Waals surface area contributed by atoms with Crippen molar-refractivity contribution < 1.29 is 43.2 Å². The van der Waals surface area contributed by atoms with Gasteiger partial charge in [0.1, 0.15) is 11.5 Å². The van der Waals surface area contributed by atoms with E-state index in [1.165, 1.54) is 33.5 Å². The number of carbonyl (C=O) groups excluding carboxylic acids is 3. The van der Waals surface area contributed by atoms with Crippen LogP contribution in [0.5, 0.6) is 17.2 Å². The first kappa shape index (κ1) is 26.7. The Hall–Kier alpha value is -4.53. The van der Waals surface area contributed by atoms with Gasteiger partial charge < -0.3 is 28.8 Å². The molecular weight excluding hydrogens is 456 g/mol. The van der Waals surface area contributed by atoms with E-state index in [4.69, 9.17) is 14.2 Å². The van der Waals surface area contributed by atoms with Crippen molar-refractivity contribution in [2.24, 2.45) is 0 Å². The van der Waals surface area contributed by atoms with Gasteiger partial charge in [0.05, 0.1) is 21.3 Å². The summed E-state index contributed by atoms with van der Waals surface area (Å²) in [5.41, 5.74) is 1.40. The minimum absolute atomic E-state index is 0.193. The number of hydrogen-bond donors (Lipinski definition) is 1. The summed E-state index contributed by atoms with van der Waals surface area (Å²) in [6.07, 6.45) is 6.92. The highest BCUT2D eigenvalue weighted by molar-refractivity contribution is 6.02. The van der Waals surface area contributed by atoms with Crippen molar-refractivity contribution in [3.63, 3.8) is 0 Å². The highest BCUT2D eigenvalue weighted by Gasteiger charge is 2.08. The molecule has 9 heteroatoms. The summed E-state index contributed by atoms with van der Waals surface area (Å²) in [5.74, 6) is -0.425. The van der Waals surface area contributed by atoms with Crippen LogP contribution in [0.4, 0.5) is 0 Å². The number of aliphatic hydroxyl groups is 1. The number of allylic oxidation sites excluding steroid dienone is 3. The van der Waals surface area contributed by atoms with Crippen LogP contribution in [-0.2, 0) is 23.9 Å². The summed E-state index contributed by atoms with van der Waals surface area (Å²) in [5, 5.41) is 10.1. The second kappa shape index (κ2) is 13.9. The molecule has 35 heavy (non-hydrogen) atoms. The molecule has 0 saturated carbocycles. The lowest BCUT2D eigenvalue weighted by atomic mass is 10.1. The van der Waals surface area contributed by atoms with Crippen LogP contribution >= 0.6 is 0 Å². The van der Waals surface area contributed by atoms with Crippen molar-refractivity contribution in [2.45, 2.75) is 0 Å². The number of hydrogen-bond acceptors (Lipinski definition) is 9. The minimum Gasteiger partial charge on any atom is -0.508 e. The molecule has 0 aliphatic heterocycles. The average molecular weight is 482 g/mol. The lowest BCUT2D eigenvalue weighted by Crippen LogP contribution is -2.12. The Kier molecular flexibility index (Phi) is 10.6. The van der Waals surface area contributed by atoms with Crippen molar-refractivity contribution in [1.82, 2.24) is 0 Å². The molecule has 0 saturated heterocycles. The minimum atomic E-state index is -0.522. The van der Waals surface area contributed by atoms with E-state index < -0.39 is 17.7 Å². The van der Waals surface area contributed by atoms with Crippen LogP contribution < -0.4 is 14.2 Å². The van der Waals surface area contributed by atoms with E-state index in [1.807, 2.05) is 0 Å². The third-order valence-electron chi connectivity index (χ3n) is 4.40. The first-order valence-electron chi connectivity index (χ1n) is 10.3. The highest BCUT2D eigenvalue weighted by Crippen LogP contribution is 2.28. The summed E-state index contributed by atoms with van der Waals surface area (Å²) >= 11 is 0. The number of rotatable bonds is 12. The SMILES string of the molecule is COC(=O)COc1ccc(/C=C/C(=O)C=C(O)/C=C/c2ccc(OCC(=O)OC)c(OC)c2)cc1. The molecule has 184 valence electrons. The molecule has 0 bridgehead atoms. The number of ether oxygens (including phenoxy) is 5. The number of esters is 2. The Bertz CT molecular complexity index is 1110. The summed E-state index contributed by atoms with van der Waals surface area (Å²) in [7, 11) is 4.00. The molecule has 0 atom stereocenters. The van der Waals surface area contributed by atoms with Crippen LogP contribution in [0.1, 0.15) is 11.1 Å². The van der Waals surface area contributed by atoms with Crippen molar-refractivity contribution in [3.8, 4) is 17.2 Å². The summed E-state index contributed by atoms with van der Waals surface area (Å²) in [6.45, 7) is -0.448. The van der Waals surface area contributed by atoms with Crippen molar-refractivity contribution in [1.29, 1.82) is 0 Å². The molecule has 0 radical (unpaired) electrons. The lowest BCUT2D eigenvalue weighted by molar-refractivity contribution is -0.143. The Morgan fingerprint density at radius 2 is 1.37 bits per heavy atom. The maximum absolute atomic E-state index is 12.1. The van der Waals surface area contributed by atoms with Gasteiger partial charge in [-0.15, -0.1) is 0 Å². The third kappa shape index (κ3) is 9.47. The molecule has 2 aromatic rings. The number of benzene rings is 2. The monoisotopic (exact) mass is 482 g/mol. The second-order valence-corrected chi connectivity index (χ2v) is 6.85.